The third-order valence-corrected chi connectivity index (χ3v) is 4.31. The van der Waals surface area contributed by atoms with Crippen LogP contribution in [0.25, 0.3) is 0 Å². The van der Waals surface area contributed by atoms with Crippen LogP contribution in [0.15, 0.2) is 0 Å². The van der Waals surface area contributed by atoms with Crippen LogP contribution in [0.2, 0.25) is 0 Å². The maximum Gasteiger partial charge on any atom is 0.0588 e. The Morgan fingerprint density at radius 3 is 2.63 bits per heavy atom. The lowest BCUT2D eigenvalue weighted by molar-refractivity contribution is 0.104. The summed E-state index contributed by atoms with van der Waals surface area (Å²) in [5.74, 6) is 0.748. The molecule has 114 valence electrons. The maximum absolute atomic E-state index is 5.72. The van der Waals surface area contributed by atoms with Crippen molar-refractivity contribution in [1.82, 2.24) is 5.32 Å². The average Bonchev–Trinajstić information content (AvgIpc) is 2.83. The molecule has 0 aromatic carbocycles. The van der Waals surface area contributed by atoms with Crippen LogP contribution in [0.1, 0.15) is 59.3 Å². The van der Waals surface area contributed by atoms with E-state index in [9.17, 15) is 0 Å². The second-order valence-corrected chi connectivity index (χ2v) is 6.96. The van der Waals surface area contributed by atoms with Gasteiger partial charge in [-0.3, -0.25) is 0 Å². The van der Waals surface area contributed by atoms with Gasteiger partial charge in [-0.25, -0.2) is 0 Å². The smallest absolute Gasteiger partial charge is 0.0588 e. The van der Waals surface area contributed by atoms with Gasteiger partial charge in [-0.1, -0.05) is 20.8 Å². The molecule has 2 atom stereocenters. The second kappa shape index (κ2) is 8.93. The van der Waals surface area contributed by atoms with Gasteiger partial charge in [0.25, 0.3) is 0 Å². The molecule has 0 bridgehead atoms. The fourth-order valence-electron chi connectivity index (χ4n) is 2.95. The minimum absolute atomic E-state index is 0.386. The summed E-state index contributed by atoms with van der Waals surface area (Å²) in [5, 5.41) is 3.55. The number of hydrogen-bond acceptors (Lipinski definition) is 3. The van der Waals surface area contributed by atoms with Crippen molar-refractivity contribution in [2.75, 3.05) is 26.2 Å². The van der Waals surface area contributed by atoms with Gasteiger partial charge in [0.05, 0.1) is 6.10 Å². The van der Waals surface area contributed by atoms with E-state index in [1.165, 1.54) is 32.1 Å². The zero-order valence-electron chi connectivity index (χ0n) is 13.2. The zero-order chi connectivity index (χ0) is 14.1. The van der Waals surface area contributed by atoms with Crippen molar-refractivity contribution in [2.45, 2.75) is 65.4 Å². The van der Waals surface area contributed by atoms with Crippen molar-refractivity contribution in [3.05, 3.63) is 0 Å². The van der Waals surface area contributed by atoms with Crippen molar-refractivity contribution >= 4 is 0 Å². The van der Waals surface area contributed by atoms with Crippen molar-refractivity contribution < 1.29 is 4.74 Å². The van der Waals surface area contributed by atoms with Crippen molar-refractivity contribution in [3.63, 3.8) is 0 Å². The van der Waals surface area contributed by atoms with Crippen LogP contribution in [-0.2, 0) is 4.74 Å². The van der Waals surface area contributed by atoms with Gasteiger partial charge in [0.1, 0.15) is 0 Å². The minimum atomic E-state index is 0.386. The van der Waals surface area contributed by atoms with E-state index in [4.69, 9.17) is 10.5 Å². The summed E-state index contributed by atoms with van der Waals surface area (Å²) in [4.78, 5) is 0. The van der Waals surface area contributed by atoms with Crippen LogP contribution in [0.5, 0.6) is 0 Å². The molecule has 1 aliphatic rings. The molecule has 3 nitrogen and oxygen atoms in total. The molecule has 0 aliphatic carbocycles. The van der Waals surface area contributed by atoms with Gasteiger partial charge in [-0.2, -0.15) is 0 Å². The van der Waals surface area contributed by atoms with Crippen LogP contribution in [0, 0.1) is 11.3 Å². The van der Waals surface area contributed by atoms with E-state index < -0.39 is 0 Å². The lowest BCUT2D eigenvalue weighted by Gasteiger charge is -2.30. The quantitative estimate of drug-likeness (QED) is 0.633. The molecule has 2 unspecified atom stereocenters. The van der Waals surface area contributed by atoms with Gasteiger partial charge in [0.2, 0.25) is 0 Å². The van der Waals surface area contributed by atoms with Crippen LogP contribution in [0.4, 0.5) is 0 Å². The SMILES string of the molecule is CC(C)(C)C(CCN)CCCNCCC1CCCO1. The third-order valence-electron chi connectivity index (χ3n) is 4.31. The minimum Gasteiger partial charge on any atom is -0.378 e. The van der Waals surface area contributed by atoms with E-state index in [1.807, 2.05) is 0 Å². The molecule has 0 spiro atoms. The molecule has 1 heterocycles. The Kier molecular flexibility index (Phi) is 7.96. The third kappa shape index (κ3) is 7.28. The number of nitrogens with two attached hydrogens (primary N) is 1. The van der Waals surface area contributed by atoms with E-state index in [0.29, 0.717) is 11.5 Å². The number of nitrogens with one attached hydrogen (secondary N) is 1. The summed E-state index contributed by atoms with van der Waals surface area (Å²) in [6, 6.07) is 0. The first kappa shape index (κ1) is 16.9. The van der Waals surface area contributed by atoms with Crippen molar-refractivity contribution in [2.24, 2.45) is 17.1 Å². The van der Waals surface area contributed by atoms with E-state index in [1.54, 1.807) is 0 Å². The predicted molar refractivity (Wildman–Crippen MR) is 82.3 cm³/mol. The monoisotopic (exact) mass is 270 g/mol. The molecule has 0 amide bonds. The molecule has 0 saturated carbocycles. The first-order valence-corrected chi connectivity index (χ1v) is 8.06. The molecule has 1 fully saturated rings. The lowest BCUT2D eigenvalue weighted by atomic mass is 9.76. The second-order valence-electron chi connectivity index (χ2n) is 6.96. The summed E-state index contributed by atoms with van der Waals surface area (Å²) in [7, 11) is 0. The fourth-order valence-corrected chi connectivity index (χ4v) is 2.95. The zero-order valence-corrected chi connectivity index (χ0v) is 13.2. The Labute approximate surface area is 119 Å². The summed E-state index contributed by atoms with van der Waals surface area (Å²) >= 11 is 0. The highest BCUT2D eigenvalue weighted by atomic mass is 16.5. The Morgan fingerprint density at radius 1 is 1.26 bits per heavy atom. The molecule has 19 heavy (non-hydrogen) atoms. The van der Waals surface area contributed by atoms with Gasteiger partial charge < -0.3 is 15.8 Å². The Balaban J connectivity index is 2.01. The van der Waals surface area contributed by atoms with Gasteiger partial charge in [-0.15, -0.1) is 0 Å². The summed E-state index contributed by atoms with van der Waals surface area (Å²) in [5.41, 5.74) is 6.10. The van der Waals surface area contributed by atoms with Crippen molar-refractivity contribution in [3.8, 4) is 0 Å². The van der Waals surface area contributed by atoms with Gasteiger partial charge >= 0.3 is 0 Å². The Morgan fingerprint density at radius 2 is 2.05 bits per heavy atom. The van der Waals surface area contributed by atoms with Gasteiger partial charge in [0, 0.05) is 6.61 Å². The largest absolute Gasteiger partial charge is 0.378 e. The molecular formula is C16H34N2O. The van der Waals surface area contributed by atoms with Crippen LogP contribution in [-0.4, -0.2) is 32.3 Å². The first-order valence-electron chi connectivity index (χ1n) is 8.06. The summed E-state index contributed by atoms with van der Waals surface area (Å²) < 4.78 is 5.62. The summed E-state index contributed by atoms with van der Waals surface area (Å²) in [6.45, 7) is 11.0. The van der Waals surface area contributed by atoms with E-state index >= 15 is 0 Å². The van der Waals surface area contributed by atoms with E-state index in [-0.39, 0.29) is 0 Å². The van der Waals surface area contributed by atoms with Crippen LogP contribution in [0.3, 0.4) is 0 Å². The first-order chi connectivity index (χ1) is 9.04. The highest BCUT2D eigenvalue weighted by molar-refractivity contribution is 4.75. The molecule has 1 rings (SSSR count). The molecule has 0 radical (unpaired) electrons. The molecule has 1 aliphatic heterocycles. The van der Waals surface area contributed by atoms with Gasteiger partial charge in [-0.05, 0) is 69.5 Å². The topological polar surface area (TPSA) is 47.3 Å². The number of hydrogen-bond donors (Lipinski definition) is 2. The Bertz CT molecular complexity index is 219. The molecule has 0 aromatic rings. The normalized spacial score (nSPS) is 21.8. The molecule has 3 N–H and O–H groups in total. The fraction of sp³-hybridized carbons (Fsp3) is 1.00. The van der Waals surface area contributed by atoms with Gasteiger partial charge in [0.15, 0.2) is 0 Å². The standard InChI is InChI=1S/C16H34N2O/c1-16(2,3)14(8-10-17)6-4-11-18-12-9-15-7-5-13-19-15/h14-15,18H,4-13,17H2,1-3H3. The molecule has 3 heteroatoms. The maximum atomic E-state index is 5.72. The number of ether oxygens (including phenoxy) is 1. The Hall–Kier alpha value is -0.120. The lowest BCUT2D eigenvalue weighted by Crippen LogP contribution is -2.26. The molecule has 1 saturated heterocycles. The number of rotatable bonds is 9. The van der Waals surface area contributed by atoms with E-state index in [2.05, 4.69) is 26.1 Å². The highest BCUT2D eigenvalue weighted by Crippen LogP contribution is 2.31. The molecule has 0 aromatic heterocycles. The van der Waals surface area contributed by atoms with Crippen molar-refractivity contribution in [1.29, 1.82) is 0 Å². The molecular weight excluding hydrogens is 236 g/mol. The highest BCUT2D eigenvalue weighted by Gasteiger charge is 2.23. The average molecular weight is 270 g/mol. The van der Waals surface area contributed by atoms with Crippen LogP contribution < -0.4 is 11.1 Å². The van der Waals surface area contributed by atoms with E-state index in [0.717, 1.165) is 38.6 Å². The summed E-state index contributed by atoms with van der Waals surface area (Å²) in [6.07, 6.45) is 7.89. The van der Waals surface area contributed by atoms with Crippen LogP contribution >= 0.6 is 0 Å². The predicted octanol–water partition coefficient (Wildman–Crippen LogP) is 2.94.